The van der Waals surface area contributed by atoms with E-state index in [4.69, 9.17) is 19.4 Å². The Morgan fingerprint density at radius 1 is 0.306 bits per heavy atom. The molecule has 0 saturated heterocycles. The number of benzene rings is 7. The van der Waals surface area contributed by atoms with E-state index in [1.54, 1.807) is 0 Å². The van der Waals surface area contributed by atoms with Crippen molar-refractivity contribution in [2.75, 3.05) is 0 Å². The molecular weight excluding hydrogens is 599 g/mol. The molecule has 0 aliphatic rings. The van der Waals surface area contributed by atoms with Gasteiger partial charge in [-0.3, -0.25) is 0 Å². The zero-order valence-electron chi connectivity index (χ0n) is 26.5. The molecule has 230 valence electrons. The molecule has 0 aliphatic carbocycles. The van der Waals surface area contributed by atoms with Crippen molar-refractivity contribution >= 4 is 21.9 Å². The Labute approximate surface area is 284 Å². The van der Waals surface area contributed by atoms with Crippen molar-refractivity contribution in [1.29, 1.82) is 0 Å². The van der Waals surface area contributed by atoms with E-state index in [0.29, 0.717) is 17.5 Å². The lowest BCUT2D eigenvalue weighted by Gasteiger charge is -2.09. The first-order valence-corrected chi connectivity index (χ1v) is 16.4. The predicted molar refractivity (Wildman–Crippen MR) is 200 cm³/mol. The smallest absolute Gasteiger partial charge is 0.164 e. The summed E-state index contributed by atoms with van der Waals surface area (Å²) < 4.78 is 6.71. The van der Waals surface area contributed by atoms with E-state index in [-0.39, 0.29) is 0 Å². The normalized spacial score (nSPS) is 11.3. The molecule has 0 aliphatic heterocycles. The maximum atomic E-state index is 6.71. The molecule has 0 fully saturated rings. The predicted octanol–water partition coefficient (Wildman–Crippen LogP) is 11.8. The molecule has 9 aromatic rings. The van der Waals surface area contributed by atoms with Gasteiger partial charge in [-0.2, -0.15) is 0 Å². The summed E-state index contributed by atoms with van der Waals surface area (Å²) in [6.07, 6.45) is 0. The minimum absolute atomic E-state index is 0.588. The maximum Gasteiger partial charge on any atom is 0.164 e. The second-order valence-electron chi connectivity index (χ2n) is 12.1. The van der Waals surface area contributed by atoms with Gasteiger partial charge in [-0.15, -0.1) is 0 Å². The molecular formula is C45H29N3O. The van der Waals surface area contributed by atoms with Gasteiger partial charge in [0.1, 0.15) is 11.2 Å². The SMILES string of the molecule is c1ccc(-c2cccc(-c3nc(-c4ccccc4)nc(-c4ccc5c(c4)oc4c(-c6ccccc6)cc(-c6ccccc6)cc45)n3)c2)cc1. The third-order valence-corrected chi connectivity index (χ3v) is 8.92. The number of fused-ring (bicyclic) bond motifs is 3. The molecule has 0 atom stereocenters. The van der Waals surface area contributed by atoms with Gasteiger partial charge in [0.2, 0.25) is 0 Å². The fourth-order valence-corrected chi connectivity index (χ4v) is 6.47. The van der Waals surface area contributed by atoms with Crippen LogP contribution in [0.1, 0.15) is 0 Å². The number of nitrogens with zero attached hydrogens (tertiary/aromatic N) is 3. The Balaban J connectivity index is 1.22. The fraction of sp³-hybridized carbons (Fsp3) is 0. The van der Waals surface area contributed by atoms with E-state index in [1.807, 2.05) is 48.5 Å². The molecule has 0 radical (unpaired) electrons. The molecule has 2 heterocycles. The van der Waals surface area contributed by atoms with Crippen molar-refractivity contribution in [3.63, 3.8) is 0 Å². The van der Waals surface area contributed by atoms with Crippen molar-refractivity contribution in [2.45, 2.75) is 0 Å². The fourth-order valence-electron chi connectivity index (χ4n) is 6.47. The Morgan fingerprint density at radius 3 is 1.43 bits per heavy atom. The molecule has 49 heavy (non-hydrogen) atoms. The lowest BCUT2D eigenvalue weighted by atomic mass is 9.95. The number of hydrogen-bond donors (Lipinski definition) is 0. The van der Waals surface area contributed by atoms with E-state index in [2.05, 4.69) is 127 Å². The highest BCUT2D eigenvalue weighted by molar-refractivity contribution is 6.12. The minimum atomic E-state index is 0.588. The lowest BCUT2D eigenvalue weighted by Crippen LogP contribution is -2.00. The first-order valence-electron chi connectivity index (χ1n) is 16.4. The van der Waals surface area contributed by atoms with Gasteiger partial charge in [-0.25, -0.2) is 15.0 Å². The van der Waals surface area contributed by atoms with Crippen molar-refractivity contribution in [1.82, 2.24) is 15.0 Å². The number of rotatable bonds is 6. The van der Waals surface area contributed by atoms with Gasteiger partial charge in [0, 0.05) is 33.0 Å². The molecule has 2 aromatic heterocycles. The standard InChI is InChI=1S/C45H29N3O/c1-5-14-30(15-6-1)34-22-13-23-35(26-34)44-46-43(33-20-11-4-12-21-33)47-45(48-44)36-24-25-38-40-28-37(31-16-7-2-8-17-31)27-39(32-18-9-3-10-19-32)42(40)49-41(38)29-36/h1-29H. The van der Waals surface area contributed by atoms with Crippen LogP contribution in [-0.2, 0) is 0 Å². The van der Waals surface area contributed by atoms with Crippen LogP contribution < -0.4 is 0 Å². The van der Waals surface area contributed by atoms with E-state index >= 15 is 0 Å². The van der Waals surface area contributed by atoms with Gasteiger partial charge in [0.05, 0.1) is 0 Å². The first kappa shape index (κ1) is 28.6. The Kier molecular flexibility index (Phi) is 7.10. The van der Waals surface area contributed by atoms with Gasteiger partial charge in [-0.1, -0.05) is 146 Å². The van der Waals surface area contributed by atoms with Gasteiger partial charge in [0.25, 0.3) is 0 Å². The third kappa shape index (κ3) is 5.45. The quantitative estimate of drug-likeness (QED) is 0.184. The van der Waals surface area contributed by atoms with Crippen LogP contribution in [0.4, 0.5) is 0 Å². The van der Waals surface area contributed by atoms with Crippen LogP contribution in [0.15, 0.2) is 180 Å². The first-order chi connectivity index (χ1) is 24.3. The van der Waals surface area contributed by atoms with Gasteiger partial charge < -0.3 is 4.42 Å². The maximum absolute atomic E-state index is 6.71. The van der Waals surface area contributed by atoms with Crippen LogP contribution in [-0.4, -0.2) is 15.0 Å². The number of aromatic nitrogens is 3. The van der Waals surface area contributed by atoms with Crippen molar-refractivity contribution in [2.24, 2.45) is 0 Å². The van der Waals surface area contributed by atoms with Crippen LogP contribution in [0.2, 0.25) is 0 Å². The lowest BCUT2D eigenvalue weighted by molar-refractivity contribution is 0.670. The zero-order chi connectivity index (χ0) is 32.6. The van der Waals surface area contributed by atoms with Crippen molar-refractivity contribution in [3.8, 4) is 67.5 Å². The topological polar surface area (TPSA) is 51.8 Å². The van der Waals surface area contributed by atoms with Crippen LogP contribution in [0.3, 0.4) is 0 Å². The second kappa shape index (κ2) is 12.2. The molecule has 0 unspecified atom stereocenters. The van der Waals surface area contributed by atoms with E-state index in [1.165, 1.54) is 0 Å². The van der Waals surface area contributed by atoms with Crippen LogP contribution in [0, 0.1) is 0 Å². The van der Waals surface area contributed by atoms with Gasteiger partial charge >= 0.3 is 0 Å². The summed E-state index contributed by atoms with van der Waals surface area (Å²) in [6, 6.07) is 60.4. The monoisotopic (exact) mass is 627 g/mol. The molecule has 7 aromatic carbocycles. The molecule has 4 nitrogen and oxygen atoms in total. The van der Waals surface area contributed by atoms with Crippen LogP contribution in [0.5, 0.6) is 0 Å². The van der Waals surface area contributed by atoms with Crippen molar-refractivity contribution < 1.29 is 4.42 Å². The second-order valence-corrected chi connectivity index (χ2v) is 12.1. The molecule has 0 saturated carbocycles. The summed E-state index contributed by atoms with van der Waals surface area (Å²) in [5.41, 5.74) is 11.1. The summed E-state index contributed by atoms with van der Waals surface area (Å²) in [5, 5.41) is 2.11. The highest BCUT2D eigenvalue weighted by atomic mass is 16.3. The molecule has 0 spiro atoms. The summed E-state index contributed by atoms with van der Waals surface area (Å²) >= 11 is 0. The van der Waals surface area contributed by atoms with E-state index < -0.39 is 0 Å². The van der Waals surface area contributed by atoms with Crippen LogP contribution in [0.25, 0.3) is 89.5 Å². The summed E-state index contributed by atoms with van der Waals surface area (Å²) in [4.78, 5) is 15.0. The minimum Gasteiger partial charge on any atom is -0.455 e. The average molecular weight is 628 g/mol. The number of furan rings is 1. The molecule has 0 N–H and O–H groups in total. The average Bonchev–Trinajstić information content (AvgIpc) is 3.57. The van der Waals surface area contributed by atoms with Gasteiger partial charge in [-0.05, 0) is 58.1 Å². The summed E-state index contributed by atoms with van der Waals surface area (Å²) in [7, 11) is 0. The third-order valence-electron chi connectivity index (χ3n) is 8.92. The summed E-state index contributed by atoms with van der Waals surface area (Å²) in [5.74, 6) is 1.82. The Hall–Kier alpha value is -6.65. The summed E-state index contributed by atoms with van der Waals surface area (Å²) in [6.45, 7) is 0. The highest BCUT2D eigenvalue weighted by Gasteiger charge is 2.18. The highest BCUT2D eigenvalue weighted by Crippen LogP contribution is 2.40. The molecule has 0 amide bonds. The Morgan fingerprint density at radius 2 is 0.796 bits per heavy atom. The number of hydrogen-bond acceptors (Lipinski definition) is 4. The molecule has 4 heteroatoms. The Bertz CT molecular complexity index is 2580. The van der Waals surface area contributed by atoms with Crippen LogP contribution >= 0.6 is 0 Å². The largest absolute Gasteiger partial charge is 0.455 e. The van der Waals surface area contributed by atoms with Gasteiger partial charge in [0.15, 0.2) is 17.5 Å². The zero-order valence-corrected chi connectivity index (χ0v) is 26.5. The molecule has 0 bridgehead atoms. The van der Waals surface area contributed by atoms with E-state index in [0.717, 1.165) is 72.0 Å². The van der Waals surface area contributed by atoms with E-state index in [9.17, 15) is 0 Å². The van der Waals surface area contributed by atoms with Crippen molar-refractivity contribution in [3.05, 3.63) is 176 Å². The molecule has 9 rings (SSSR count).